The van der Waals surface area contributed by atoms with Gasteiger partial charge in [-0.2, -0.15) is 0 Å². The highest BCUT2D eigenvalue weighted by molar-refractivity contribution is 5.80. The van der Waals surface area contributed by atoms with Crippen LogP contribution in [0.4, 0.5) is 0 Å². The van der Waals surface area contributed by atoms with Crippen LogP contribution in [0.1, 0.15) is 38.5 Å². The SMILES string of the molecule is O=C([C@@H]1CCCNC1)N(CC1CC1)C1CC1. The van der Waals surface area contributed by atoms with Crippen LogP contribution >= 0.6 is 0 Å². The van der Waals surface area contributed by atoms with Gasteiger partial charge in [0.25, 0.3) is 0 Å². The number of rotatable bonds is 4. The Kier molecular flexibility index (Phi) is 2.88. The van der Waals surface area contributed by atoms with E-state index >= 15 is 0 Å². The zero-order valence-electron chi connectivity index (χ0n) is 9.95. The molecule has 0 bridgehead atoms. The third kappa shape index (κ3) is 2.40. The van der Waals surface area contributed by atoms with E-state index in [2.05, 4.69) is 10.2 Å². The minimum Gasteiger partial charge on any atom is -0.339 e. The molecule has 90 valence electrons. The number of amides is 1. The Balaban J connectivity index is 1.59. The van der Waals surface area contributed by atoms with Crippen LogP contribution in [0, 0.1) is 11.8 Å². The van der Waals surface area contributed by atoms with Gasteiger partial charge in [-0.1, -0.05) is 0 Å². The van der Waals surface area contributed by atoms with Crippen LogP contribution in [0.15, 0.2) is 0 Å². The standard InChI is InChI=1S/C13H22N2O/c16-13(11-2-1-7-14-8-11)15(12-5-6-12)9-10-3-4-10/h10-12,14H,1-9H2/t11-/m1/s1. The molecule has 3 heteroatoms. The molecule has 2 saturated carbocycles. The molecule has 1 aliphatic heterocycles. The zero-order valence-corrected chi connectivity index (χ0v) is 9.95. The number of carbonyl (C=O) groups is 1. The van der Waals surface area contributed by atoms with Crippen LogP contribution in [-0.4, -0.2) is 36.5 Å². The van der Waals surface area contributed by atoms with Gasteiger partial charge >= 0.3 is 0 Å². The zero-order chi connectivity index (χ0) is 11.0. The molecule has 2 aliphatic carbocycles. The highest BCUT2D eigenvalue weighted by Crippen LogP contribution is 2.36. The van der Waals surface area contributed by atoms with Gasteiger partial charge in [0.15, 0.2) is 0 Å². The first-order chi connectivity index (χ1) is 7.84. The van der Waals surface area contributed by atoms with Crippen molar-refractivity contribution in [2.24, 2.45) is 11.8 Å². The Labute approximate surface area is 97.6 Å². The maximum absolute atomic E-state index is 12.4. The lowest BCUT2D eigenvalue weighted by molar-refractivity contribution is -0.137. The molecule has 1 saturated heterocycles. The fourth-order valence-electron chi connectivity index (χ4n) is 2.68. The summed E-state index contributed by atoms with van der Waals surface area (Å²) in [5.41, 5.74) is 0. The lowest BCUT2D eigenvalue weighted by atomic mass is 9.98. The summed E-state index contributed by atoms with van der Waals surface area (Å²) in [5.74, 6) is 1.55. The second kappa shape index (κ2) is 4.36. The van der Waals surface area contributed by atoms with E-state index in [1.54, 1.807) is 0 Å². The van der Waals surface area contributed by atoms with Crippen molar-refractivity contribution < 1.29 is 4.79 Å². The quantitative estimate of drug-likeness (QED) is 0.779. The summed E-state index contributed by atoms with van der Waals surface area (Å²) in [4.78, 5) is 14.6. The van der Waals surface area contributed by atoms with Crippen molar-refractivity contribution in [2.45, 2.75) is 44.6 Å². The predicted molar refractivity (Wildman–Crippen MR) is 63.1 cm³/mol. The Morgan fingerprint density at radius 3 is 2.56 bits per heavy atom. The van der Waals surface area contributed by atoms with Crippen molar-refractivity contribution >= 4 is 5.91 Å². The molecular formula is C13H22N2O. The van der Waals surface area contributed by atoms with Gasteiger partial charge in [0.2, 0.25) is 5.91 Å². The van der Waals surface area contributed by atoms with Crippen molar-refractivity contribution in [3.05, 3.63) is 0 Å². The van der Waals surface area contributed by atoms with Gasteiger partial charge in [-0.15, -0.1) is 0 Å². The van der Waals surface area contributed by atoms with Crippen LogP contribution in [0.5, 0.6) is 0 Å². The summed E-state index contributed by atoms with van der Waals surface area (Å²) < 4.78 is 0. The van der Waals surface area contributed by atoms with E-state index in [0.717, 1.165) is 32.0 Å². The molecule has 0 radical (unpaired) electrons. The van der Waals surface area contributed by atoms with Crippen molar-refractivity contribution in [1.82, 2.24) is 10.2 Å². The van der Waals surface area contributed by atoms with Gasteiger partial charge in [-0.3, -0.25) is 4.79 Å². The third-order valence-corrected chi connectivity index (χ3v) is 4.07. The number of carbonyl (C=O) groups excluding carboxylic acids is 1. The number of hydrogen-bond acceptors (Lipinski definition) is 2. The van der Waals surface area contributed by atoms with Crippen molar-refractivity contribution in [3.63, 3.8) is 0 Å². The van der Waals surface area contributed by atoms with Crippen LogP contribution in [0.25, 0.3) is 0 Å². The van der Waals surface area contributed by atoms with Crippen LogP contribution in [0.3, 0.4) is 0 Å². The molecule has 1 atom stereocenters. The number of hydrogen-bond donors (Lipinski definition) is 1. The first kappa shape index (κ1) is 10.6. The second-order valence-corrected chi connectivity index (χ2v) is 5.71. The summed E-state index contributed by atoms with van der Waals surface area (Å²) in [6.07, 6.45) is 7.45. The molecule has 1 amide bonds. The lowest BCUT2D eigenvalue weighted by Gasteiger charge is -2.30. The fraction of sp³-hybridized carbons (Fsp3) is 0.923. The smallest absolute Gasteiger partial charge is 0.227 e. The molecule has 0 spiro atoms. The molecular weight excluding hydrogens is 200 g/mol. The fourth-order valence-corrected chi connectivity index (χ4v) is 2.68. The van der Waals surface area contributed by atoms with Gasteiger partial charge < -0.3 is 10.2 Å². The first-order valence-corrected chi connectivity index (χ1v) is 6.86. The predicted octanol–water partition coefficient (Wildman–Crippen LogP) is 1.39. The summed E-state index contributed by atoms with van der Waals surface area (Å²) >= 11 is 0. The van der Waals surface area contributed by atoms with Crippen molar-refractivity contribution in [1.29, 1.82) is 0 Å². The van der Waals surface area contributed by atoms with E-state index in [0.29, 0.717) is 11.9 Å². The van der Waals surface area contributed by atoms with Gasteiger partial charge in [-0.05, 0) is 51.0 Å². The summed E-state index contributed by atoms with van der Waals surface area (Å²) in [5, 5.41) is 3.35. The molecule has 1 heterocycles. The number of nitrogens with zero attached hydrogens (tertiary/aromatic N) is 1. The Morgan fingerprint density at radius 2 is 2.00 bits per heavy atom. The van der Waals surface area contributed by atoms with E-state index in [-0.39, 0.29) is 5.92 Å². The highest BCUT2D eigenvalue weighted by Gasteiger charge is 2.38. The lowest BCUT2D eigenvalue weighted by Crippen LogP contribution is -2.44. The minimum absolute atomic E-state index is 0.271. The van der Waals surface area contributed by atoms with Crippen LogP contribution in [-0.2, 0) is 4.79 Å². The highest BCUT2D eigenvalue weighted by atomic mass is 16.2. The van der Waals surface area contributed by atoms with Gasteiger partial charge in [0, 0.05) is 19.1 Å². The maximum atomic E-state index is 12.4. The monoisotopic (exact) mass is 222 g/mol. The summed E-state index contributed by atoms with van der Waals surface area (Å²) in [7, 11) is 0. The normalized spacial score (nSPS) is 30.1. The molecule has 16 heavy (non-hydrogen) atoms. The molecule has 3 aliphatic rings. The molecule has 0 aromatic rings. The third-order valence-electron chi connectivity index (χ3n) is 4.07. The molecule has 0 unspecified atom stereocenters. The van der Waals surface area contributed by atoms with Crippen LogP contribution in [0.2, 0.25) is 0 Å². The summed E-state index contributed by atoms with van der Waals surface area (Å²) in [6.45, 7) is 3.06. The topological polar surface area (TPSA) is 32.3 Å². The molecule has 3 nitrogen and oxygen atoms in total. The second-order valence-electron chi connectivity index (χ2n) is 5.71. The van der Waals surface area contributed by atoms with Crippen LogP contribution < -0.4 is 5.32 Å². The summed E-state index contributed by atoms with van der Waals surface area (Å²) in [6, 6.07) is 0.607. The van der Waals surface area contributed by atoms with Crippen molar-refractivity contribution in [3.8, 4) is 0 Å². The molecule has 0 aromatic carbocycles. The van der Waals surface area contributed by atoms with Crippen molar-refractivity contribution in [2.75, 3.05) is 19.6 Å². The van der Waals surface area contributed by atoms with E-state index in [1.165, 1.54) is 32.1 Å². The van der Waals surface area contributed by atoms with E-state index in [4.69, 9.17) is 0 Å². The number of nitrogens with one attached hydrogen (secondary N) is 1. The average Bonchev–Trinajstić information content (AvgIpc) is 3.16. The number of piperidine rings is 1. The largest absolute Gasteiger partial charge is 0.339 e. The van der Waals surface area contributed by atoms with Gasteiger partial charge in [-0.25, -0.2) is 0 Å². The first-order valence-electron chi connectivity index (χ1n) is 6.86. The van der Waals surface area contributed by atoms with E-state index in [1.807, 2.05) is 0 Å². The van der Waals surface area contributed by atoms with Gasteiger partial charge in [0.05, 0.1) is 5.92 Å². The van der Waals surface area contributed by atoms with E-state index in [9.17, 15) is 4.79 Å². The molecule has 1 N–H and O–H groups in total. The van der Waals surface area contributed by atoms with E-state index < -0.39 is 0 Å². The average molecular weight is 222 g/mol. The van der Waals surface area contributed by atoms with Gasteiger partial charge in [0.1, 0.15) is 0 Å². The minimum atomic E-state index is 0.271. The molecule has 0 aromatic heterocycles. The molecule has 3 fully saturated rings. The maximum Gasteiger partial charge on any atom is 0.227 e. The molecule has 3 rings (SSSR count). The Bertz CT molecular complexity index is 265. The Hall–Kier alpha value is -0.570. The Morgan fingerprint density at radius 1 is 1.19 bits per heavy atom.